The van der Waals surface area contributed by atoms with E-state index in [0.717, 1.165) is 12.5 Å². The number of hydrogen-bond acceptors (Lipinski definition) is 4. The number of ether oxygens (including phenoxy) is 1. The van der Waals surface area contributed by atoms with Crippen LogP contribution in [0.4, 0.5) is 0 Å². The van der Waals surface area contributed by atoms with Crippen molar-refractivity contribution in [2.75, 3.05) is 5.75 Å². The zero-order valence-corrected chi connectivity index (χ0v) is 9.65. The summed E-state index contributed by atoms with van der Waals surface area (Å²) in [5.41, 5.74) is 0. The number of sulfone groups is 1. The monoisotopic (exact) mass is 242 g/mol. The first kappa shape index (κ1) is 10.3. The molecule has 88 valence electrons. The van der Waals surface area contributed by atoms with E-state index in [9.17, 15) is 13.2 Å². The van der Waals surface area contributed by atoms with E-state index in [-0.39, 0.29) is 34.9 Å². The van der Waals surface area contributed by atoms with Gasteiger partial charge in [0.05, 0.1) is 11.0 Å². The molecule has 1 saturated heterocycles. The van der Waals surface area contributed by atoms with Crippen molar-refractivity contribution in [3.63, 3.8) is 0 Å². The molecular weight excluding hydrogens is 228 g/mol. The first-order chi connectivity index (χ1) is 7.53. The molecule has 0 spiro atoms. The Morgan fingerprint density at radius 2 is 2.06 bits per heavy atom. The lowest BCUT2D eigenvalue weighted by molar-refractivity contribution is -0.147. The van der Waals surface area contributed by atoms with Crippen molar-refractivity contribution < 1.29 is 17.9 Å². The van der Waals surface area contributed by atoms with E-state index in [0.29, 0.717) is 6.42 Å². The fourth-order valence-electron chi connectivity index (χ4n) is 3.77. The van der Waals surface area contributed by atoms with Crippen LogP contribution in [-0.2, 0) is 19.4 Å². The Kier molecular flexibility index (Phi) is 2.00. The first-order valence-electron chi connectivity index (χ1n) is 5.57. The van der Waals surface area contributed by atoms with Crippen LogP contribution in [0.15, 0.2) is 12.7 Å². The highest BCUT2D eigenvalue weighted by Gasteiger charge is 2.63. The van der Waals surface area contributed by atoms with Crippen LogP contribution in [0.2, 0.25) is 0 Å². The number of fused-ring (bicyclic) bond motifs is 1. The third-order valence-corrected chi connectivity index (χ3v) is 6.64. The van der Waals surface area contributed by atoms with Crippen LogP contribution in [0.1, 0.15) is 12.8 Å². The molecule has 5 atom stereocenters. The Labute approximate surface area is 94.6 Å². The minimum atomic E-state index is -2.92. The van der Waals surface area contributed by atoms with Gasteiger partial charge in [0, 0.05) is 12.0 Å². The zero-order chi connectivity index (χ0) is 11.5. The van der Waals surface area contributed by atoms with Crippen LogP contribution < -0.4 is 0 Å². The summed E-state index contributed by atoms with van der Waals surface area (Å²) in [5, 5.41) is -0.152. The zero-order valence-electron chi connectivity index (χ0n) is 8.83. The molecule has 3 fully saturated rings. The number of rotatable bonds is 2. The fourth-order valence-corrected chi connectivity index (χ4v) is 6.38. The van der Waals surface area contributed by atoms with Gasteiger partial charge in [0.1, 0.15) is 6.10 Å². The lowest BCUT2D eigenvalue weighted by Gasteiger charge is -2.25. The van der Waals surface area contributed by atoms with E-state index in [1.807, 2.05) is 0 Å². The highest BCUT2D eigenvalue weighted by molar-refractivity contribution is 7.92. The van der Waals surface area contributed by atoms with Crippen molar-refractivity contribution in [1.82, 2.24) is 0 Å². The number of carbonyl (C=O) groups is 1. The van der Waals surface area contributed by atoms with Crippen molar-refractivity contribution in [2.45, 2.75) is 24.2 Å². The minimum absolute atomic E-state index is 0.0395. The van der Waals surface area contributed by atoms with Crippen molar-refractivity contribution in [3.8, 4) is 0 Å². The van der Waals surface area contributed by atoms with Gasteiger partial charge in [-0.15, -0.1) is 0 Å². The first-order valence-corrected chi connectivity index (χ1v) is 7.29. The molecule has 0 aromatic heterocycles. The molecule has 0 aromatic rings. The van der Waals surface area contributed by atoms with Crippen LogP contribution in [-0.4, -0.2) is 31.5 Å². The molecule has 0 aromatic carbocycles. The van der Waals surface area contributed by atoms with Gasteiger partial charge in [0.25, 0.3) is 0 Å². The van der Waals surface area contributed by atoms with Gasteiger partial charge in [-0.25, -0.2) is 13.2 Å². The minimum Gasteiger partial charge on any atom is -0.459 e. The van der Waals surface area contributed by atoms with Gasteiger partial charge < -0.3 is 4.74 Å². The summed E-state index contributed by atoms with van der Waals surface area (Å²) in [6, 6.07) is 0. The standard InChI is InChI=1S/C11H14O4S/c1-2-10(12)15-11-6-3-7-8(11)5-16(13,14)9(7)4-6/h2,6-9,11H,1,3-5H2. The van der Waals surface area contributed by atoms with E-state index < -0.39 is 15.8 Å². The molecule has 1 heterocycles. The average molecular weight is 242 g/mol. The fraction of sp³-hybridized carbons (Fsp3) is 0.727. The lowest BCUT2D eigenvalue weighted by atomic mass is 9.88. The second-order valence-corrected chi connectivity index (χ2v) is 7.30. The predicted octanol–water partition coefficient (Wildman–Crippen LogP) is 0.537. The summed E-state index contributed by atoms with van der Waals surface area (Å²) in [6.07, 6.45) is 2.54. The maximum atomic E-state index is 11.8. The Hall–Kier alpha value is -0.840. The van der Waals surface area contributed by atoms with Crippen LogP contribution in [0.5, 0.6) is 0 Å². The van der Waals surface area contributed by atoms with E-state index in [2.05, 4.69) is 6.58 Å². The van der Waals surface area contributed by atoms with Crippen LogP contribution >= 0.6 is 0 Å². The quantitative estimate of drug-likeness (QED) is 0.523. The molecular formula is C11H14O4S. The summed E-state index contributed by atoms with van der Waals surface area (Å²) in [5.74, 6) is 0.295. The molecule has 5 heteroatoms. The number of carbonyl (C=O) groups excluding carboxylic acids is 1. The number of esters is 1. The third kappa shape index (κ3) is 1.21. The molecule has 2 aliphatic carbocycles. The van der Waals surface area contributed by atoms with Gasteiger partial charge in [0.2, 0.25) is 0 Å². The molecule has 0 radical (unpaired) electrons. The number of hydrogen-bond donors (Lipinski definition) is 0. The van der Waals surface area contributed by atoms with Gasteiger partial charge >= 0.3 is 5.97 Å². The maximum Gasteiger partial charge on any atom is 0.330 e. The smallest absolute Gasteiger partial charge is 0.330 e. The summed E-state index contributed by atoms with van der Waals surface area (Å²) < 4.78 is 28.9. The molecule has 3 aliphatic rings. The molecule has 4 nitrogen and oxygen atoms in total. The summed E-state index contributed by atoms with van der Waals surface area (Å²) in [4.78, 5) is 11.2. The predicted molar refractivity (Wildman–Crippen MR) is 57.4 cm³/mol. The normalized spacial score (nSPS) is 46.9. The van der Waals surface area contributed by atoms with Crippen molar-refractivity contribution in [3.05, 3.63) is 12.7 Å². The van der Waals surface area contributed by atoms with Gasteiger partial charge in [0.15, 0.2) is 9.84 Å². The van der Waals surface area contributed by atoms with E-state index >= 15 is 0 Å². The Bertz CT molecular complexity index is 453. The van der Waals surface area contributed by atoms with Gasteiger partial charge in [-0.05, 0) is 24.7 Å². The molecule has 1 aliphatic heterocycles. The summed E-state index contributed by atoms with van der Waals surface area (Å²) in [7, 11) is -2.92. The van der Waals surface area contributed by atoms with Crippen molar-refractivity contribution in [1.29, 1.82) is 0 Å². The molecule has 5 unspecified atom stereocenters. The largest absolute Gasteiger partial charge is 0.459 e. The highest BCUT2D eigenvalue weighted by atomic mass is 32.2. The second-order valence-electron chi connectivity index (χ2n) is 5.03. The lowest BCUT2D eigenvalue weighted by Crippen LogP contribution is -2.33. The van der Waals surface area contributed by atoms with Crippen molar-refractivity contribution >= 4 is 15.8 Å². The molecule has 0 N–H and O–H groups in total. The third-order valence-electron chi connectivity index (χ3n) is 4.33. The Morgan fingerprint density at radius 1 is 1.31 bits per heavy atom. The topological polar surface area (TPSA) is 60.4 Å². The molecule has 3 rings (SSSR count). The maximum absolute atomic E-state index is 11.8. The average Bonchev–Trinajstić information content (AvgIpc) is 2.81. The summed E-state index contributed by atoms with van der Waals surface area (Å²) in [6.45, 7) is 3.36. The SMILES string of the molecule is C=CC(=O)OC1C2CC3C1CS(=O)(=O)C3C2. The van der Waals surface area contributed by atoms with Gasteiger partial charge in [-0.1, -0.05) is 6.58 Å². The van der Waals surface area contributed by atoms with Crippen LogP contribution in [0, 0.1) is 17.8 Å². The van der Waals surface area contributed by atoms with E-state index in [4.69, 9.17) is 4.74 Å². The Morgan fingerprint density at radius 3 is 2.75 bits per heavy atom. The summed E-state index contributed by atoms with van der Waals surface area (Å²) >= 11 is 0. The van der Waals surface area contributed by atoms with E-state index in [1.54, 1.807) is 0 Å². The van der Waals surface area contributed by atoms with Gasteiger partial charge in [-0.3, -0.25) is 0 Å². The molecule has 16 heavy (non-hydrogen) atoms. The van der Waals surface area contributed by atoms with Crippen molar-refractivity contribution in [2.24, 2.45) is 17.8 Å². The molecule has 0 amide bonds. The van der Waals surface area contributed by atoms with E-state index in [1.165, 1.54) is 0 Å². The second kappa shape index (κ2) is 3.09. The molecule has 2 saturated carbocycles. The highest BCUT2D eigenvalue weighted by Crippen LogP contribution is 2.57. The van der Waals surface area contributed by atoms with Gasteiger partial charge in [-0.2, -0.15) is 0 Å². The Balaban J connectivity index is 1.86. The molecule has 2 bridgehead atoms. The van der Waals surface area contributed by atoms with Crippen LogP contribution in [0.25, 0.3) is 0 Å². The van der Waals surface area contributed by atoms with Crippen LogP contribution in [0.3, 0.4) is 0 Å².